The van der Waals surface area contributed by atoms with E-state index in [0.29, 0.717) is 11.6 Å². The molecule has 4 nitrogen and oxygen atoms in total. The molecule has 13 heavy (non-hydrogen) atoms. The van der Waals surface area contributed by atoms with Gasteiger partial charge in [-0.3, -0.25) is 0 Å². The Hall–Kier alpha value is -1.32. The van der Waals surface area contributed by atoms with Gasteiger partial charge in [-0.15, -0.1) is 0 Å². The van der Waals surface area contributed by atoms with Crippen molar-refractivity contribution in [3.8, 4) is 0 Å². The average molecular weight is 180 g/mol. The highest BCUT2D eigenvalue weighted by atomic mass is 15.0. The van der Waals surface area contributed by atoms with E-state index < -0.39 is 0 Å². The number of hydrogen-bond acceptors (Lipinski definition) is 4. The Morgan fingerprint density at radius 3 is 2.62 bits per heavy atom. The predicted octanol–water partition coefficient (Wildman–Crippen LogP) is 1.50. The van der Waals surface area contributed by atoms with Gasteiger partial charge in [-0.05, 0) is 20.3 Å². The summed E-state index contributed by atoms with van der Waals surface area (Å²) in [5, 5.41) is 3.21. The van der Waals surface area contributed by atoms with Crippen LogP contribution in [0.1, 0.15) is 24.7 Å². The van der Waals surface area contributed by atoms with Crippen molar-refractivity contribution < 1.29 is 0 Å². The molecule has 0 amide bonds. The van der Waals surface area contributed by atoms with Crippen molar-refractivity contribution in [2.24, 2.45) is 0 Å². The third-order valence-corrected chi connectivity index (χ3v) is 1.84. The minimum atomic E-state index is 0.561. The number of nitrogen functional groups attached to an aromatic ring is 1. The number of hydrogen-bond donors (Lipinski definition) is 2. The molecule has 0 aliphatic carbocycles. The molecule has 0 spiro atoms. The van der Waals surface area contributed by atoms with Crippen molar-refractivity contribution >= 4 is 11.6 Å². The third kappa shape index (κ3) is 2.31. The fraction of sp³-hybridized carbons (Fsp3) is 0.556. The molecule has 0 saturated heterocycles. The second-order valence-electron chi connectivity index (χ2n) is 3.06. The molecule has 3 N–H and O–H groups in total. The van der Waals surface area contributed by atoms with E-state index in [1.807, 2.05) is 13.8 Å². The second-order valence-corrected chi connectivity index (χ2v) is 3.06. The van der Waals surface area contributed by atoms with Gasteiger partial charge in [0.15, 0.2) is 0 Å². The Kier molecular flexibility index (Phi) is 3.06. The van der Waals surface area contributed by atoms with Crippen LogP contribution in [0.5, 0.6) is 0 Å². The molecule has 0 unspecified atom stereocenters. The molecular weight excluding hydrogens is 164 g/mol. The van der Waals surface area contributed by atoms with Gasteiger partial charge in [0.05, 0.1) is 0 Å². The summed E-state index contributed by atoms with van der Waals surface area (Å²) in [5.74, 6) is 2.12. The molecule has 0 atom stereocenters. The summed E-state index contributed by atoms with van der Waals surface area (Å²) < 4.78 is 0. The van der Waals surface area contributed by atoms with Crippen molar-refractivity contribution in [3.05, 3.63) is 11.4 Å². The first kappa shape index (κ1) is 9.77. The quantitative estimate of drug-likeness (QED) is 0.739. The molecule has 0 radical (unpaired) electrons. The van der Waals surface area contributed by atoms with Crippen molar-refractivity contribution in [2.75, 3.05) is 17.6 Å². The van der Waals surface area contributed by atoms with E-state index in [1.54, 1.807) is 0 Å². The minimum absolute atomic E-state index is 0.561. The maximum atomic E-state index is 5.70. The van der Waals surface area contributed by atoms with E-state index in [0.717, 1.165) is 24.3 Å². The predicted molar refractivity (Wildman–Crippen MR) is 54.7 cm³/mol. The maximum absolute atomic E-state index is 5.70. The average Bonchev–Trinajstić information content (AvgIpc) is 2.09. The molecule has 0 fully saturated rings. The zero-order chi connectivity index (χ0) is 9.84. The lowest BCUT2D eigenvalue weighted by atomic mass is 10.3. The van der Waals surface area contributed by atoms with Crippen LogP contribution in [0.3, 0.4) is 0 Å². The zero-order valence-electron chi connectivity index (χ0n) is 8.39. The number of rotatable bonds is 3. The number of nitrogens with two attached hydrogens (primary N) is 1. The van der Waals surface area contributed by atoms with Gasteiger partial charge in [0.25, 0.3) is 0 Å². The maximum Gasteiger partial charge on any atom is 0.134 e. The molecule has 4 heteroatoms. The second kappa shape index (κ2) is 4.07. The van der Waals surface area contributed by atoms with Crippen LogP contribution in [0, 0.1) is 13.8 Å². The summed E-state index contributed by atoms with van der Waals surface area (Å²) in [5.41, 5.74) is 6.63. The topological polar surface area (TPSA) is 63.8 Å². The number of nitrogens with one attached hydrogen (secondary N) is 1. The van der Waals surface area contributed by atoms with E-state index >= 15 is 0 Å². The van der Waals surface area contributed by atoms with Crippen LogP contribution in [0.25, 0.3) is 0 Å². The van der Waals surface area contributed by atoms with E-state index in [-0.39, 0.29) is 0 Å². The summed E-state index contributed by atoms with van der Waals surface area (Å²) in [6.07, 6.45) is 1.07. The van der Waals surface area contributed by atoms with Crippen molar-refractivity contribution in [3.63, 3.8) is 0 Å². The van der Waals surface area contributed by atoms with Crippen LogP contribution in [-0.4, -0.2) is 16.5 Å². The van der Waals surface area contributed by atoms with Crippen molar-refractivity contribution in [1.29, 1.82) is 0 Å². The molecule has 0 aromatic carbocycles. The minimum Gasteiger partial charge on any atom is -0.383 e. The summed E-state index contributed by atoms with van der Waals surface area (Å²) >= 11 is 0. The van der Waals surface area contributed by atoms with Crippen molar-refractivity contribution in [2.45, 2.75) is 27.2 Å². The molecule has 0 aliphatic rings. The van der Waals surface area contributed by atoms with Crippen LogP contribution in [-0.2, 0) is 0 Å². The molecule has 0 aliphatic heterocycles. The van der Waals surface area contributed by atoms with Gasteiger partial charge in [0, 0.05) is 12.1 Å². The largest absolute Gasteiger partial charge is 0.383 e. The van der Waals surface area contributed by atoms with Gasteiger partial charge in [-0.25, -0.2) is 9.97 Å². The number of aryl methyl sites for hydroxylation is 1. The number of aromatic nitrogens is 2. The summed E-state index contributed by atoms with van der Waals surface area (Å²) in [4.78, 5) is 8.34. The molecule has 0 bridgehead atoms. The Bertz CT molecular complexity index is 296. The normalized spacial score (nSPS) is 10.1. The van der Waals surface area contributed by atoms with Gasteiger partial charge < -0.3 is 11.1 Å². The van der Waals surface area contributed by atoms with E-state index in [4.69, 9.17) is 5.73 Å². The van der Waals surface area contributed by atoms with Crippen LogP contribution in [0.4, 0.5) is 11.6 Å². The first-order chi connectivity index (χ1) is 6.15. The first-order valence-electron chi connectivity index (χ1n) is 4.49. The number of anilines is 2. The zero-order valence-corrected chi connectivity index (χ0v) is 8.39. The highest BCUT2D eigenvalue weighted by molar-refractivity contribution is 5.54. The highest BCUT2D eigenvalue weighted by Crippen LogP contribution is 2.16. The SMILES string of the molecule is CCCNc1nc(C)nc(N)c1C. The fourth-order valence-corrected chi connectivity index (χ4v) is 1.07. The molecule has 1 aromatic rings. The highest BCUT2D eigenvalue weighted by Gasteiger charge is 2.04. The lowest BCUT2D eigenvalue weighted by Gasteiger charge is -2.09. The lowest BCUT2D eigenvalue weighted by molar-refractivity contribution is 0.949. The van der Waals surface area contributed by atoms with Crippen LogP contribution < -0.4 is 11.1 Å². The summed E-state index contributed by atoms with van der Waals surface area (Å²) in [6.45, 7) is 6.79. The van der Waals surface area contributed by atoms with Crippen molar-refractivity contribution in [1.82, 2.24) is 9.97 Å². The molecule has 0 saturated carbocycles. The smallest absolute Gasteiger partial charge is 0.134 e. The number of nitrogens with zero attached hydrogens (tertiary/aromatic N) is 2. The van der Waals surface area contributed by atoms with Gasteiger partial charge in [0.2, 0.25) is 0 Å². The standard InChI is InChI=1S/C9H16N4/c1-4-5-11-9-6(2)8(10)12-7(3)13-9/h4-5H2,1-3H3,(H3,10,11,12,13). The monoisotopic (exact) mass is 180 g/mol. The Morgan fingerprint density at radius 1 is 1.31 bits per heavy atom. The van der Waals surface area contributed by atoms with Crippen LogP contribution in [0.15, 0.2) is 0 Å². The Labute approximate surface area is 78.6 Å². The van der Waals surface area contributed by atoms with E-state index in [1.165, 1.54) is 0 Å². The Morgan fingerprint density at radius 2 is 2.00 bits per heavy atom. The Balaban J connectivity index is 2.92. The van der Waals surface area contributed by atoms with Gasteiger partial charge in [0.1, 0.15) is 17.5 Å². The molecule has 72 valence electrons. The van der Waals surface area contributed by atoms with Gasteiger partial charge in [-0.2, -0.15) is 0 Å². The molecule has 1 rings (SSSR count). The van der Waals surface area contributed by atoms with E-state index in [9.17, 15) is 0 Å². The van der Waals surface area contributed by atoms with Crippen LogP contribution in [0.2, 0.25) is 0 Å². The van der Waals surface area contributed by atoms with Crippen LogP contribution >= 0.6 is 0 Å². The summed E-state index contributed by atoms with van der Waals surface area (Å²) in [7, 11) is 0. The van der Waals surface area contributed by atoms with Gasteiger partial charge >= 0.3 is 0 Å². The molecule has 1 heterocycles. The fourth-order valence-electron chi connectivity index (χ4n) is 1.07. The lowest BCUT2D eigenvalue weighted by Crippen LogP contribution is -2.08. The van der Waals surface area contributed by atoms with E-state index in [2.05, 4.69) is 22.2 Å². The molecule has 1 aromatic heterocycles. The summed E-state index contributed by atoms with van der Waals surface area (Å²) in [6, 6.07) is 0. The van der Waals surface area contributed by atoms with Gasteiger partial charge in [-0.1, -0.05) is 6.92 Å². The molecular formula is C9H16N4. The third-order valence-electron chi connectivity index (χ3n) is 1.84. The first-order valence-corrected chi connectivity index (χ1v) is 4.49.